The van der Waals surface area contributed by atoms with Crippen LogP contribution in [-0.4, -0.2) is 138 Å². The maximum absolute atomic E-state index is 12.3. The number of alkyl halides is 3. The third-order valence-corrected chi connectivity index (χ3v) is 18.0. The van der Waals surface area contributed by atoms with Crippen LogP contribution in [0.25, 0.3) is 84.3 Å². The summed E-state index contributed by atoms with van der Waals surface area (Å²) in [5.41, 5.74) is 5.94. The average Bonchev–Trinajstić information content (AvgIpc) is 1.56. The first kappa shape index (κ1) is 80.7. The van der Waals surface area contributed by atoms with E-state index in [2.05, 4.69) is 104 Å². The van der Waals surface area contributed by atoms with Gasteiger partial charge in [-0.1, -0.05) is 39.8 Å². The highest BCUT2D eigenvalue weighted by Crippen LogP contribution is 2.40. The van der Waals surface area contributed by atoms with Gasteiger partial charge >= 0.3 is 12.1 Å². The van der Waals surface area contributed by atoms with Crippen molar-refractivity contribution in [2.75, 3.05) is 13.2 Å². The lowest BCUT2D eigenvalue weighted by molar-refractivity contribution is -0.141. The number of nitrogens with one attached hydrogen (secondary N) is 6. The van der Waals surface area contributed by atoms with Gasteiger partial charge in [0.1, 0.15) is 12.3 Å². The van der Waals surface area contributed by atoms with E-state index in [1.54, 1.807) is 43.5 Å². The molecule has 0 amide bonds. The number of hydrogen-bond acceptors (Lipinski definition) is 18. The highest BCUT2D eigenvalue weighted by molar-refractivity contribution is 5.88. The van der Waals surface area contributed by atoms with E-state index in [1.165, 1.54) is 55.2 Å². The molecule has 0 unspecified atom stereocenters. The number of aldehydes is 1. The summed E-state index contributed by atoms with van der Waals surface area (Å²) < 4.78 is 51.3. The molecule has 1 saturated carbocycles. The summed E-state index contributed by atoms with van der Waals surface area (Å²) in [7, 11) is 0. The molecule has 0 radical (unpaired) electrons. The SMILES string of the molecule is [C-]#[N+]c1c[nH]n2c(=O)c(C(C)C)c(C)nc12.[C-]#[N+]c1c[nH]n2c(=O)c(C3CC3)c(C)nc12.[C-]#[N+]c1c[nH]n2c(=O)c(CC)c(C(=O)O)nc12.[C-]#[N+]c1c[nH]n2c(=O)c(CC)c(C=O)nc12.[C-]#[N+]c1c[nH]n2c(=O)c3ccccc3nc12.[C-]#[N+]c1c[nH]n2c(=O)cc(C(F)(F)F)nc12.[C-]#[N+]c1cnn2c(OCCO)c3c(nc12)CCCC3. The molecule has 2 aliphatic carbocycles. The Morgan fingerprint density at radius 1 is 0.586 bits per heavy atom. The second-order valence-corrected chi connectivity index (χ2v) is 25.4. The molecule has 0 atom stereocenters. The van der Waals surface area contributed by atoms with Crippen LogP contribution in [-0.2, 0) is 31.9 Å². The molecule has 584 valence electrons. The third-order valence-electron chi connectivity index (χ3n) is 18.0. The number of para-hydroxylation sites is 1. The number of carboxylic acid groups (broad SMARTS) is 1. The summed E-state index contributed by atoms with van der Waals surface area (Å²) in [6.45, 7) is 59.7. The van der Waals surface area contributed by atoms with Crippen LogP contribution >= 0.6 is 0 Å². The number of aromatic nitrogens is 21. The van der Waals surface area contributed by atoms with E-state index in [0.29, 0.717) is 104 Å². The van der Waals surface area contributed by atoms with Gasteiger partial charge in [-0.15, -0.1) is 0 Å². The second kappa shape index (κ2) is 33.9. The van der Waals surface area contributed by atoms with Crippen molar-refractivity contribution in [1.82, 2.24) is 102 Å². The zero-order valence-corrected chi connectivity index (χ0v) is 61.8. The number of hydrogen-bond donors (Lipinski definition) is 8. The maximum Gasteiger partial charge on any atom is 0.433 e. The number of ether oxygens (including phenoxy) is 1. The van der Waals surface area contributed by atoms with Gasteiger partial charge in [0.2, 0.25) is 45.7 Å². The smallest absolute Gasteiger partial charge is 0.433 e. The van der Waals surface area contributed by atoms with Crippen molar-refractivity contribution in [3.63, 3.8) is 0 Å². The Labute approximate surface area is 647 Å². The summed E-state index contributed by atoms with van der Waals surface area (Å²) in [5, 5.41) is 38.5. The number of rotatable bonds is 9. The number of H-pyrrole nitrogens is 6. The van der Waals surface area contributed by atoms with Crippen LogP contribution in [0.15, 0.2) is 102 Å². The van der Waals surface area contributed by atoms with Crippen molar-refractivity contribution in [2.45, 2.75) is 111 Å². The topological polar surface area (TPSA) is 446 Å². The van der Waals surface area contributed by atoms with Gasteiger partial charge in [-0.3, -0.25) is 33.6 Å². The Morgan fingerprint density at radius 2 is 1.05 bits per heavy atom. The molecule has 15 aromatic rings. The first-order chi connectivity index (χ1) is 55.7. The molecule has 1 fully saturated rings. The Bertz CT molecular complexity index is 7050. The molecule has 0 aliphatic heterocycles. The molecule has 2 aliphatic rings. The Balaban J connectivity index is 0.000000133. The molecule has 0 bridgehead atoms. The van der Waals surface area contributed by atoms with Gasteiger partial charge in [0, 0.05) is 82.6 Å². The van der Waals surface area contributed by atoms with Crippen LogP contribution in [0.5, 0.6) is 5.88 Å². The van der Waals surface area contributed by atoms with E-state index in [0.717, 1.165) is 76.3 Å². The molecule has 1 aromatic carbocycles. The average molecular weight is 1580 g/mol. The number of carboxylic acids is 1. The maximum atomic E-state index is 12.3. The van der Waals surface area contributed by atoms with Gasteiger partial charge in [0.15, 0.2) is 57.2 Å². The lowest BCUT2D eigenvalue weighted by Crippen LogP contribution is -2.24. The van der Waals surface area contributed by atoms with Gasteiger partial charge in [-0.2, -0.15) is 22.8 Å². The molecule has 0 saturated heterocycles. The second-order valence-electron chi connectivity index (χ2n) is 25.4. The Morgan fingerprint density at radius 3 is 1.55 bits per heavy atom. The third kappa shape index (κ3) is 15.7. The number of aliphatic hydroxyl groups is 1. The Kier molecular flexibility index (Phi) is 23.6. The van der Waals surface area contributed by atoms with Crippen molar-refractivity contribution >= 4 is 103 Å². The highest BCUT2D eigenvalue weighted by Gasteiger charge is 2.34. The summed E-state index contributed by atoms with van der Waals surface area (Å²) >= 11 is 0. The quantitative estimate of drug-likeness (QED) is 0.0491. The van der Waals surface area contributed by atoms with Crippen LogP contribution < -0.4 is 38.1 Å². The largest absolute Gasteiger partial charge is 0.476 e. The van der Waals surface area contributed by atoms with Crippen molar-refractivity contribution in [1.29, 1.82) is 0 Å². The molecule has 42 heteroatoms. The number of aliphatic hydroxyl groups excluding tert-OH is 1. The van der Waals surface area contributed by atoms with Gasteiger partial charge in [-0.25, -0.2) is 101 Å². The molecule has 39 nitrogen and oxygen atoms in total. The lowest BCUT2D eigenvalue weighted by atomic mass is 9.97. The minimum atomic E-state index is -4.70. The molecule has 17 rings (SSSR count). The fourth-order valence-electron chi connectivity index (χ4n) is 12.4. The molecule has 14 heterocycles. The standard InChI is InChI=1S/C13H14N4O2.C11H10N4O.C11H6N4O.C11H12N4O.C10H8N4O3.C10H8N4O2.C8H3F3N4O/c1-14-11-8-15-17-12(11)16-10-5-3-2-4-9(10)13(17)19-7-6-18;1-6-9(7-3-4-7)11(16)15-10(14-6)8(12-2)5-13-15;1-12-9-6-13-15-10(9)14-8-5-3-2-4-7(8)11(15)16;1-6(2)9-7(3)14-10-8(12-4)5-13-15(10)11(9)16;1-3-5-7(10(16)17)13-8-6(11-2)4-12-14(8)9(5)15;1-3-6-8(5-15)13-9-7(11-2)4-12-14(9)10(6)16;1-12-4-3-13-15-6(16)2-5(8(9,10)11)14-7(4)15/h8,18H,2-7H2;5,7,13H,3-4H2,1H3;2-6,13H;5-6,13H,1-3H3;4,12H,3H2,1H3,(H,16,17);4-5,12H,3H2,1H3;2-3,13H. The fourth-order valence-corrected chi connectivity index (χ4v) is 12.4. The first-order valence-corrected chi connectivity index (χ1v) is 34.8. The molecule has 8 N–H and O–H groups in total. The number of fused-ring (bicyclic) bond motifs is 9. The van der Waals surface area contributed by atoms with Crippen molar-refractivity contribution < 1.29 is 37.7 Å². The van der Waals surface area contributed by atoms with E-state index >= 15 is 0 Å². The monoisotopic (exact) mass is 1570 g/mol. The lowest BCUT2D eigenvalue weighted by Gasteiger charge is -2.19. The van der Waals surface area contributed by atoms with Crippen LogP contribution in [0.1, 0.15) is 137 Å². The number of halogens is 3. The zero-order valence-electron chi connectivity index (χ0n) is 61.8. The molecular formula is C74H61F3N28O11. The molecular weight excluding hydrogens is 1510 g/mol. The van der Waals surface area contributed by atoms with E-state index in [9.17, 15) is 51.5 Å². The molecule has 14 aromatic heterocycles. The predicted molar refractivity (Wildman–Crippen MR) is 410 cm³/mol. The van der Waals surface area contributed by atoms with E-state index < -0.39 is 29.0 Å². The number of nitrogens with zero attached hydrogens (tertiary/aromatic N) is 22. The molecule has 0 spiro atoms. The summed E-state index contributed by atoms with van der Waals surface area (Å²) in [5.74, 6) is -0.143. The van der Waals surface area contributed by atoms with Crippen LogP contribution in [0.2, 0.25) is 0 Å². The van der Waals surface area contributed by atoms with Crippen LogP contribution in [0.3, 0.4) is 0 Å². The van der Waals surface area contributed by atoms with Crippen LogP contribution in [0.4, 0.5) is 53.0 Å². The number of carbonyl (C=O) groups excluding carboxylic acids is 1. The number of aromatic carboxylic acids is 1. The minimum absolute atomic E-state index is 0.0413. The highest BCUT2D eigenvalue weighted by atomic mass is 19.4. The van der Waals surface area contributed by atoms with Gasteiger partial charge < -0.3 is 45.5 Å². The summed E-state index contributed by atoms with van der Waals surface area (Å²) in [6.07, 6.45) is 12.5. The first-order valence-electron chi connectivity index (χ1n) is 34.8. The van der Waals surface area contributed by atoms with Crippen molar-refractivity contribution in [3.05, 3.63) is 278 Å². The Hall–Kier alpha value is -16.3. The fraction of sp³-hybridized carbons (Fsp3) is 0.257. The van der Waals surface area contributed by atoms with E-state index in [4.69, 9.17) is 61.0 Å². The zero-order chi connectivity index (χ0) is 83.7. The number of carbonyl (C=O) groups is 2. The van der Waals surface area contributed by atoms with Gasteiger partial charge in [0.25, 0.3) is 33.4 Å². The summed E-state index contributed by atoms with van der Waals surface area (Å²) in [4.78, 5) is 144. The predicted octanol–water partition coefficient (Wildman–Crippen LogP) is 10.4. The number of aromatic amines is 6. The summed E-state index contributed by atoms with van der Waals surface area (Å²) in [6, 6.07) is 7.45. The number of benzene rings is 1. The van der Waals surface area contributed by atoms with Crippen molar-refractivity contribution in [3.8, 4) is 5.88 Å². The van der Waals surface area contributed by atoms with Crippen LogP contribution in [0, 0.1) is 59.9 Å². The van der Waals surface area contributed by atoms with Gasteiger partial charge in [0.05, 0.1) is 75.3 Å². The molecule has 116 heavy (non-hydrogen) atoms. The number of aryl methyl sites for hydroxylation is 3. The minimum Gasteiger partial charge on any atom is -0.476 e. The normalized spacial score (nSPS) is 11.9. The van der Waals surface area contributed by atoms with E-state index in [-0.39, 0.29) is 98.7 Å². The van der Waals surface area contributed by atoms with Gasteiger partial charge in [-0.05, 0) is 89.2 Å². The van der Waals surface area contributed by atoms with E-state index in [1.807, 2.05) is 26.8 Å². The van der Waals surface area contributed by atoms with Crippen molar-refractivity contribution in [2.24, 2.45) is 0 Å².